The van der Waals surface area contributed by atoms with E-state index in [1.54, 1.807) is 0 Å². The zero-order valence-corrected chi connectivity index (χ0v) is 12.9. The molecule has 5 nitrogen and oxygen atoms in total. The minimum Gasteiger partial charge on any atom is -0.378 e. The monoisotopic (exact) mass is 283 g/mol. The van der Waals surface area contributed by atoms with E-state index in [4.69, 9.17) is 4.74 Å². The molecule has 3 atom stereocenters. The quantitative estimate of drug-likeness (QED) is 0.672. The van der Waals surface area contributed by atoms with E-state index in [0.29, 0.717) is 25.8 Å². The van der Waals surface area contributed by atoms with Gasteiger partial charge in [-0.15, -0.1) is 0 Å². The average molecular weight is 283 g/mol. The molecule has 0 aromatic heterocycles. The van der Waals surface area contributed by atoms with Gasteiger partial charge in [-0.25, -0.2) is 0 Å². The van der Waals surface area contributed by atoms with Crippen LogP contribution in [0.1, 0.15) is 32.1 Å². The van der Waals surface area contributed by atoms with Gasteiger partial charge in [0.1, 0.15) is 0 Å². The van der Waals surface area contributed by atoms with Crippen molar-refractivity contribution in [3.63, 3.8) is 0 Å². The fourth-order valence-corrected chi connectivity index (χ4v) is 3.24. The van der Waals surface area contributed by atoms with E-state index in [-0.39, 0.29) is 11.9 Å². The second-order valence-corrected chi connectivity index (χ2v) is 6.31. The lowest BCUT2D eigenvalue weighted by Crippen LogP contribution is -2.44. The van der Waals surface area contributed by atoms with Crippen LogP contribution in [0.15, 0.2) is 0 Å². The van der Waals surface area contributed by atoms with Crippen LogP contribution in [0, 0.1) is 5.92 Å². The molecule has 2 rings (SSSR count). The second kappa shape index (κ2) is 7.96. The molecule has 1 aliphatic heterocycles. The lowest BCUT2D eigenvalue weighted by Gasteiger charge is -2.24. The highest BCUT2D eigenvalue weighted by atomic mass is 16.5. The lowest BCUT2D eigenvalue weighted by atomic mass is 9.85. The van der Waals surface area contributed by atoms with Crippen LogP contribution in [0.4, 0.5) is 0 Å². The minimum atomic E-state index is 0.0184. The molecule has 3 unspecified atom stereocenters. The van der Waals surface area contributed by atoms with E-state index >= 15 is 0 Å². The fraction of sp³-hybridized carbons (Fsp3) is 0.933. The largest absolute Gasteiger partial charge is 0.378 e. The molecule has 2 N–H and O–H groups in total. The number of rotatable bonds is 7. The predicted molar refractivity (Wildman–Crippen MR) is 79.7 cm³/mol. The summed E-state index contributed by atoms with van der Waals surface area (Å²) in [6.45, 7) is 2.84. The summed E-state index contributed by atoms with van der Waals surface area (Å²) in [5.41, 5.74) is 0. The number of fused-ring (bicyclic) bond motifs is 1. The molecule has 1 aliphatic carbocycles. The summed E-state index contributed by atoms with van der Waals surface area (Å²) in [5.74, 6) is 0.867. The van der Waals surface area contributed by atoms with Crippen molar-refractivity contribution in [3.8, 4) is 0 Å². The third-order valence-corrected chi connectivity index (χ3v) is 4.41. The molecule has 1 saturated heterocycles. The third kappa shape index (κ3) is 4.72. The molecule has 0 aromatic carbocycles. The highest BCUT2D eigenvalue weighted by Gasteiger charge is 2.37. The van der Waals surface area contributed by atoms with Crippen molar-refractivity contribution >= 4 is 5.91 Å². The van der Waals surface area contributed by atoms with Crippen LogP contribution in [-0.4, -0.2) is 63.3 Å². The summed E-state index contributed by atoms with van der Waals surface area (Å²) in [6.07, 6.45) is 6.17. The molecule has 0 bridgehead atoms. The van der Waals surface area contributed by atoms with Crippen LogP contribution in [0.2, 0.25) is 0 Å². The number of carbonyl (C=O) groups excluding carboxylic acids is 1. The SMILES string of the molecule is CN(C)CCOCCNC(=O)C1CC2CCCCC2N1. The minimum absolute atomic E-state index is 0.0184. The normalized spacial score (nSPS) is 29.4. The summed E-state index contributed by atoms with van der Waals surface area (Å²) in [5, 5.41) is 6.48. The number of nitrogens with one attached hydrogen (secondary N) is 2. The standard InChI is InChI=1S/C15H29N3O2/c1-18(2)8-10-20-9-7-16-15(19)14-11-12-5-3-4-6-13(12)17-14/h12-14,17H,3-11H2,1-2H3,(H,16,19). The van der Waals surface area contributed by atoms with Gasteiger partial charge in [0.25, 0.3) is 0 Å². The highest BCUT2D eigenvalue weighted by Crippen LogP contribution is 2.33. The number of likely N-dealkylation sites (N-methyl/N-ethyl adjacent to an activating group) is 1. The second-order valence-electron chi connectivity index (χ2n) is 6.31. The van der Waals surface area contributed by atoms with Crippen molar-refractivity contribution in [2.24, 2.45) is 5.92 Å². The number of amides is 1. The highest BCUT2D eigenvalue weighted by molar-refractivity contribution is 5.82. The Hall–Kier alpha value is -0.650. The first-order chi connectivity index (χ1) is 9.66. The molecule has 1 heterocycles. The Bertz CT molecular complexity index is 295. The van der Waals surface area contributed by atoms with Crippen LogP contribution >= 0.6 is 0 Å². The average Bonchev–Trinajstić information content (AvgIpc) is 2.86. The van der Waals surface area contributed by atoms with Gasteiger partial charge in [-0.1, -0.05) is 12.8 Å². The molecular weight excluding hydrogens is 254 g/mol. The fourth-order valence-electron chi connectivity index (χ4n) is 3.24. The van der Waals surface area contributed by atoms with E-state index in [0.717, 1.165) is 18.9 Å². The molecule has 1 saturated carbocycles. The summed E-state index contributed by atoms with van der Waals surface area (Å²) in [6, 6.07) is 0.598. The maximum absolute atomic E-state index is 12.1. The van der Waals surface area contributed by atoms with Crippen LogP contribution in [0.5, 0.6) is 0 Å². The van der Waals surface area contributed by atoms with Gasteiger partial charge < -0.3 is 20.3 Å². The van der Waals surface area contributed by atoms with Gasteiger partial charge in [0.15, 0.2) is 0 Å². The van der Waals surface area contributed by atoms with Crippen molar-refractivity contribution in [1.29, 1.82) is 0 Å². The third-order valence-electron chi connectivity index (χ3n) is 4.41. The Labute approximate surface area is 122 Å². The molecule has 0 aromatic rings. The number of nitrogens with zero attached hydrogens (tertiary/aromatic N) is 1. The number of carbonyl (C=O) groups is 1. The van der Waals surface area contributed by atoms with Crippen LogP contribution in [0.3, 0.4) is 0 Å². The maximum atomic E-state index is 12.1. The summed E-state index contributed by atoms with van der Waals surface area (Å²) in [7, 11) is 4.05. The van der Waals surface area contributed by atoms with Crippen molar-refractivity contribution in [2.75, 3.05) is 40.4 Å². The summed E-state index contributed by atoms with van der Waals surface area (Å²) >= 11 is 0. The van der Waals surface area contributed by atoms with Gasteiger partial charge in [-0.05, 0) is 39.3 Å². The predicted octanol–water partition coefficient (Wildman–Crippen LogP) is 0.602. The van der Waals surface area contributed by atoms with Gasteiger partial charge in [-0.2, -0.15) is 0 Å². The van der Waals surface area contributed by atoms with Crippen LogP contribution in [0.25, 0.3) is 0 Å². The Morgan fingerprint density at radius 2 is 2.10 bits per heavy atom. The number of hydrogen-bond donors (Lipinski definition) is 2. The molecule has 1 amide bonds. The van der Waals surface area contributed by atoms with E-state index < -0.39 is 0 Å². The molecular formula is C15H29N3O2. The number of ether oxygens (including phenoxy) is 1. The van der Waals surface area contributed by atoms with Gasteiger partial charge in [0.2, 0.25) is 5.91 Å². The molecule has 2 fully saturated rings. The zero-order chi connectivity index (χ0) is 14.4. The molecule has 20 heavy (non-hydrogen) atoms. The van der Waals surface area contributed by atoms with Crippen molar-refractivity contribution in [2.45, 2.75) is 44.2 Å². The van der Waals surface area contributed by atoms with Gasteiger partial charge >= 0.3 is 0 Å². The van der Waals surface area contributed by atoms with Gasteiger partial charge in [-0.3, -0.25) is 4.79 Å². The maximum Gasteiger partial charge on any atom is 0.237 e. The first-order valence-corrected chi connectivity index (χ1v) is 7.93. The Balaban J connectivity index is 1.56. The molecule has 5 heteroatoms. The lowest BCUT2D eigenvalue weighted by molar-refractivity contribution is -0.123. The van der Waals surface area contributed by atoms with E-state index in [1.807, 2.05) is 14.1 Å². The molecule has 0 spiro atoms. The summed E-state index contributed by atoms with van der Waals surface area (Å²) in [4.78, 5) is 14.2. The topological polar surface area (TPSA) is 53.6 Å². The Morgan fingerprint density at radius 1 is 1.30 bits per heavy atom. The smallest absolute Gasteiger partial charge is 0.237 e. The Morgan fingerprint density at radius 3 is 2.85 bits per heavy atom. The van der Waals surface area contributed by atoms with Gasteiger partial charge in [0, 0.05) is 19.1 Å². The first-order valence-electron chi connectivity index (χ1n) is 7.93. The van der Waals surface area contributed by atoms with Crippen molar-refractivity contribution in [3.05, 3.63) is 0 Å². The molecule has 116 valence electrons. The van der Waals surface area contributed by atoms with E-state index in [1.165, 1.54) is 25.7 Å². The molecule has 2 aliphatic rings. The number of hydrogen-bond acceptors (Lipinski definition) is 4. The Kier molecular flexibility index (Phi) is 6.26. The first kappa shape index (κ1) is 15.7. The summed E-state index contributed by atoms with van der Waals surface area (Å²) < 4.78 is 5.48. The van der Waals surface area contributed by atoms with E-state index in [9.17, 15) is 4.79 Å². The van der Waals surface area contributed by atoms with Crippen molar-refractivity contribution in [1.82, 2.24) is 15.5 Å². The zero-order valence-electron chi connectivity index (χ0n) is 12.9. The molecule has 0 radical (unpaired) electrons. The van der Waals surface area contributed by atoms with Gasteiger partial charge in [0.05, 0.1) is 19.3 Å². The van der Waals surface area contributed by atoms with E-state index in [2.05, 4.69) is 15.5 Å². The van der Waals surface area contributed by atoms with Crippen molar-refractivity contribution < 1.29 is 9.53 Å². The van der Waals surface area contributed by atoms with Crippen LogP contribution in [-0.2, 0) is 9.53 Å². The van der Waals surface area contributed by atoms with Crippen LogP contribution < -0.4 is 10.6 Å².